The molecule has 19 heavy (non-hydrogen) atoms. The third kappa shape index (κ3) is 3.17. The van der Waals surface area contributed by atoms with Gasteiger partial charge in [-0.15, -0.1) is 0 Å². The molecule has 2 aromatic carbocycles. The lowest BCUT2D eigenvalue weighted by Gasteiger charge is -2.26. The van der Waals surface area contributed by atoms with Gasteiger partial charge >= 0.3 is 0 Å². The Labute approximate surface area is 120 Å². The van der Waals surface area contributed by atoms with Crippen LogP contribution in [0.3, 0.4) is 0 Å². The number of rotatable bonds is 2. The van der Waals surface area contributed by atoms with Gasteiger partial charge in [0.15, 0.2) is 0 Å². The first-order chi connectivity index (χ1) is 8.89. The minimum atomic E-state index is -0.144. The van der Waals surface area contributed by atoms with Crippen molar-refractivity contribution in [3.05, 3.63) is 70.2 Å². The highest BCUT2D eigenvalue weighted by Crippen LogP contribution is 2.31. The van der Waals surface area contributed by atoms with Crippen LogP contribution in [0.2, 0.25) is 5.02 Å². The summed E-state index contributed by atoms with van der Waals surface area (Å²) in [5, 5.41) is 0.723. The Hall–Kier alpha value is -1.31. The second kappa shape index (κ2) is 5.36. The summed E-state index contributed by atoms with van der Waals surface area (Å²) < 4.78 is 0. The van der Waals surface area contributed by atoms with Gasteiger partial charge in [-0.25, -0.2) is 0 Å². The van der Waals surface area contributed by atoms with Crippen LogP contribution in [0.4, 0.5) is 0 Å². The van der Waals surface area contributed by atoms with E-state index >= 15 is 0 Å². The smallest absolute Gasteiger partial charge is 0.0555 e. The summed E-state index contributed by atoms with van der Waals surface area (Å²) in [6, 6.07) is 16.0. The molecule has 1 unspecified atom stereocenters. The molecule has 0 aromatic heterocycles. The fourth-order valence-electron chi connectivity index (χ4n) is 2.33. The molecule has 0 saturated heterocycles. The number of hydrogen-bond acceptors (Lipinski definition) is 1. The van der Waals surface area contributed by atoms with Gasteiger partial charge in [0.1, 0.15) is 0 Å². The quantitative estimate of drug-likeness (QED) is 0.844. The maximum Gasteiger partial charge on any atom is 0.0555 e. The Bertz CT molecular complexity index is 569. The zero-order valence-corrected chi connectivity index (χ0v) is 12.4. The Kier molecular flexibility index (Phi) is 3.98. The van der Waals surface area contributed by atoms with Crippen molar-refractivity contribution in [2.24, 2.45) is 5.73 Å². The first-order valence-corrected chi connectivity index (χ1v) is 6.88. The van der Waals surface area contributed by atoms with Crippen molar-refractivity contribution in [1.82, 2.24) is 0 Å². The van der Waals surface area contributed by atoms with Crippen LogP contribution in [0.1, 0.15) is 43.5 Å². The summed E-state index contributed by atoms with van der Waals surface area (Å²) in [5.74, 6) is 0. The van der Waals surface area contributed by atoms with Gasteiger partial charge in [0, 0.05) is 5.02 Å². The van der Waals surface area contributed by atoms with Crippen LogP contribution >= 0.6 is 11.6 Å². The molecule has 0 aliphatic heterocycles. The average Bonchev–Trinajstić information content (AvgIpc) is 2.37. The topological polar surface area (TPSA) is 26.0 Å². The van der Waals surface area contributed by atoms with Gasteiger partial charge in [-0.1, -0.05) is 68.8 Å². The van der Waals surface area contributed by atoms with E-state index in [2.05, 4.69) is 39.0 Å². The number of hydrogen-bond donors (Lipinski definition) is 1. The van der Waals surface area contributed by atoms with Crippen molar-refractivity contribution in [1.29, 1.82) is 0 Å². The van der Waals surface area contributed by atoms with Crippen molar-refractivity contribution in [3.8, 4) is 0 Å². The first kappa shape index (κ1) is 14.1. The molecular weight excluding hydrogens is 254 g/mol. The summed E-state index contributed by atoms with van der Waals surface area (Å²) in [6.07, 6.45) is 0. The Morgan fingerprint density at radius 1 is 1.00 bits per heavy atom. The molecule has 2 heteroatoms. The van der Waals surface area contributed by atoms with Crippen LogP contribution < -0.4 is 5.73 Å². The van der Waals surface area contributed by atoms with Crippen LogP contribution in [0.15, 0.2) is 48.5 Å². The molecule has 0 heterocycles. The highest BCUT2D eigenvalue weighted by molar-refractivity contribution is 6.30. The largest absolute Gasteiger partial charge is 0.320 e. The second-order valence-corrected chi connectivity index (χ2v) is 6.31. The van der Waals surface area contributed by atoms with Crippen molar-refractivity contribution in [3.63, 3.8) is 0 Å². The van der Waals surface area contributed by atoms with Crippen LogP contribution in [0, 0.1) is 0 Å². The molecule has 2 N–H and O–H groups in total. The van der Waals surface area contributed by atoms with Crippen LogP contribution in [0.5, 0.6) is 0 Å². The second-order valence-electron chi connectivity index (χ2n) is 5.87. The fraction of sp³-hybridized carbons (Fsp3) is 0.294. The highest BCUT2D eigenvalue weighted by Gasteiger charge is 2.21. The van der Waals surface area contributed by atoms with E-state index in [1.807, 2.05) is 30.3 Å². The SMILES string of the molecule is CC(C)(C)c1ccccc1C(N)c1cccc(Cl)c1. The van der Waals surface area contributed by atoms with E-state index in [9.17, 15) is 0 Å². The lowest BCUT2D eigenvalue weighted by Crippen LogP contribution is -2.20. The molecule has 0 fully saturated rings. The van der Waals surface area contributed by atoms with Crippen LogP contribution in [-0.2, 0) is 5.41 Å². The molecule has 0 saturated carbocycles. The summed E-state index contributed by atoms with van der Waals surface area (Å²) in [7, 11) is 0. The normalized spacial score (nSPS) is 13.3. The van der Waals surface area contributed by atoms with E-state index < -0.39 is 0 Å². The van der Waals surface area contributed by atoms with Gasteiger partial charge in [0.2, 0.25) is 0 Å². The number of nitrogens with two attached hydrogens (primary N) is 1. The van der Waals surface area contributed by atoms with E-state index in [1.165, 1.54) is 5.56 Å². The van der Waals surface area contributed by atoms with Gasteiger partial charge in [-0.05, 0) is 34.2 Å². The van der Waals surface area contributed by atoms with Crippen molar-refractivity contribution in [2.75, 3.05) is 0 Å². The predicted octanol–water partition coefficient (Wildman–Crippen LogP) is 4.69. The standard InChI is InChI=1S/C17H20ClN/c1-17(2,3)15-10-5-4-9-14(15)16(19)12-7-6-8-13(18)11-12/h4-11,16H,19H2,1-3H3. The predicted molar refractivity (Wildman–Crippen MR) is 82.6 cm³/mol. The molecular formula is C17H20ClN. The first-order valence-electron chi connectivity index (χ1n) is 6.50. The summed E-state index contributed by atoms with van der Waals surface area (Å²) in [6.45, 7) is 6.61. The van der Waals surface area contributed by atoms with Crippen molar-refractivity contribution >= 4 is 11.6 Å². The van der Waals surface area contributed by atoms with Crippen molar-refractivity contribution < 1.29 is 0 Å². The molecule has 0 aliphatic rings. The minimum Gasteiger partial charge on any atom is -0.320 e. The Morgan fingerprint density at radius 2 is 1.68 bits per heavy atom. The summed E-state index contributed by atoms with van der Waals surface area (Å²) in [4.78, 5) is 0. The lowest BCUT2D eigenvalue weighted by atomic mass is 9.81. The minimum absolute atomic E-state index is 0.0762. The van der Waals surface area contributed by atoms with Gasteiger partial charge < -0.3 is 5.73 Å². The summed E-state index contributed by atoms with van der Waals surface area (Å²) >= 11 is 6.05. The van der Waals surface area contributed by atoms with E-state index in [-0.39, 0.29) is 11.5 Å². The molecule has 2 rings (SSSR count). The van der Waals surface area contributed by atoms with Gasteiger partial charge in [-0.2, -0.15) is 0 Å². The lowest BCUT2D eigenvalue weighted by molar-refractivity contribution is 0.578. The zero-order valence-electron chi connectivity index (χ0n) is 11.7. The molecule has 0 amide bonds. The molecule has 0 radical (unpaired) electrons. The van der Waals surface area contributed by atoms with Crippen molar-refractivity contribution in [2.45, 2.75) is 32.2 Å². The Balaban J connectivity index is 2.48. The highest BCUT2D eigenvalue weighted by atomic mass is 35.5. The molecule has 0 bridgehead atoms. The van der Waals surface area contributed by atoms with E-state index in [4.69, 9.17) is 17.3 Å². The maximum atomic E-state index is 6.42. The summed E-state index contributed by atoms with van der Waals surface area (Å²) in [5.41, 5.74) is 9.99. The van der Waals surface area contributed by atoms with Crippen LogP contribution in [-0.4, -0.2) is 0 Å². The van der Waals surface area contributed by atoms with Gasteiger partial charge in [-0.3, -0.25) is 0 Å². The molecule has 2 aromatic rings. The Morgan fingerprint density at radius 3 is 2.32 bits per heavy atom. The van der Waals surface area contributed by atoms with E-state index in [0.717, 1.165) is 16.1 Å². The monoisotopic (exact) mass is 273 g/mol. The molecule has 0 spiro atoms. The number of benzene rings is 2. The van der Waals surface area contributed by atoms with Crippen LogP contribution in [0.25, 0.3) is 0 Å². The third-order valence-corrected chi connectivity index (χ3v) is 3.55. The fourth-order valence-corrected chi connectivity index (χ4v) is 2.53. The molecule has 0 aliphatic carbocycles. The van der Waals surface area contributed by atoms with E-state index in [0.29, 0.717) is 0 Å². The van der Waals surface area contributed by atoms with Gasteiger partial charge in [0.05, 0.1) is 6.04 Å². The zero-order chi connectivity index (χ0) is 14.0. The molecule has 100 valence electrons. The van der Waals surface area contributed by atoms with E-state index in [1.54, 1.807) is 0 Å². The average molecular weight is 274 g/mol. The molecule has 1 atom stereocenters. The number of halogens is 1. The molecule has 1 nitrogen and oxygen atoms in total. The third-order valence-electron chi connectivity index (χ3n) is 3.31. The van der Waals surface area contributed by atoms with Gasteiger partial charge in [0.25, 0.3) is 0 Å². The maximum absolute atomic E-state index is 6.42.